The summed E-state index contributed by atoms with van der Waals surface area (Å²) >= 11 is 0. The molecular formula is C41H56N2O11. The standard InChI is InChI=1S/C41H56N2O11/c1-8-21(3)35(46)54-31-24-17-25-30(31)39(48,18-27(24)50-5)41(49)33(52-7)32-38(15-14-28(51-6)40(25,32)37(41)42(9-2)19-38)20-53-36(47)23-12-10-11-13-26(23)43-29(44)16-22(4)34(43)45/h10-13,21-22,24-25,27-28,30-33,37,48-49H,8-9,14-20H2,1-7H3/t21-,22-,24+,25+,27-,28+,30+,31-,32+,33-,37-,38-,39+,40-,41+/m0/s1. The Kier molecular flexibility index (Phi) is 9.18. The Balaban J connectivity index is 1.23. The largest absolute Gasteiger partial charge is 0.461 e. The Hall–Kier alpha value is -2.94. The van der Waals surface area contributed by atoms with E-state index in [1.165, 1.54) is 0 Å². The molecular weight excluding hydrogens is 696 g/mol. The Morgan fingerprint density at radius 3 is 2.43 bits per heavy atom. The number of esters is 2. The summed E-state index contributed by atoms with van der Waals surface area (Å²) in [5.41, 5.74) is -4.76. The molecule has 0 radical (unpaired) electrons. The molecule has 2 saturated heterocycles. The molecule has 7 aliphatic rings. The van der Waals surface area contributed by atoms with Gasteiger partial charge in [0.15, 0.2) is 0 Å². The van der Waals surface area contributed by atoms with Crippen molar-refractivity contribution in [3.63, 3.8) is 0 Å². The first-order valence-corrected chi connectivity index (χ1v) is 19.9. The maximum absolute atomic E-state index is 14.2. The first kappa shape index (κ1) is 38.0. The minimum Gasteiger partial charge on any atom is -0.461 e. The summed E-state index contributed by atoms with van der Waals surface area (Å²) in [6.07, 6.45) is 0.272. The number of aliphatic hydroxyl groups is 2. The van der Waals surface area contributed by atoms with Crippen LogP contribution in [0.5, 0.6) is 0 Å². The van der Waals surface area contributed by atoms with Crippen LogP contribution in [0.15, 0.2) is 24.3 Å². The van der Waals surface area contributed by atoms with Gasteiger partial charge in [0, 0.05) is 75.2 Å². The van der Waals surface area contributed by atoms with Crippen LogP contribution >= 0.6 is 0 Å². The summed E-state index contributed by atoms with van der Waals surface area (Å²) in [5, 5.41) is 27.1. The molecule has 7 bridgehead atoms. The molecule has 2 N–H and O–H groups in total. The summed E-state index contributed by atoms with van der Waals surface area (Å²) < 4.78 is 31.7. The number of likely N-dealkylation sites (N-methyl/N-ethyl adjacent to an activating group) is 1. The van der Waals surface area contributed by atoms with E-state index in [4.69, 9.17) is 23.7 Å². The zero-order valence-corrected chi connectivity index (χ0v) is 32.5. The van der Waals surface area contributed by atoms with Gasteiger partial charge in [0.25, 0.3) is 0 Å². The van der Waals surface area contributed by atoms with Crippen molar-refractivity contribution in [2.45, 2.75) is 108 Å². The van der Waals surface area contributed by atoms with E-state index >= 15 is 0 Å². The van der Waals surface area contributed by atoms with E-state index in [0.717, 1.165) is 4.90 Å². The lowest BCUT2D eigenvalue weighted by atomic mass is 9.42. The second-order valence-electron chi connectivity index (χ2n) is 17.5. The number of piperidine rings is 1. The van der Waals surface area contributed by atoms with Gasteiger partial charge in [0.05, 0.1) is 48.1 Å². The number of rotatable bonds is 11. The molecule has 54 heavy (non-hydrogen) atoms. The van der Waals surface area contributed by atoms with Gasteiger partial charge in [-0.3, -0.25) is 19.3 Å². The Morgan fingerprint density at radius 2 is 1.80 bits per heavy atom. The van der Waals surface area contributed by atoms with E-state index in [0.29, 0.717) is 38.8 Å². The number of carbonyl (C=O) groups excluding carboxylic acids is 4. The van der Waals surface area contributed by atoms with Crippen LogP contribution in [0.4, 0.5) is 5.69 Å². The van der Waals surface area contributed by atoms with Crippen molar-refractivity contribution in [3.05, 3.63) is 29.8 Å². The molecule has 2 heterocycles. The molecule has 0 aromatic heterocycles. The molecule has 296 valence electrons. The molecule has 8 rings (SSSR count). The number of nitrogens with zero attached hydrogens (tertiary/aromatic N) is 2. The van der Waals surface area contributed by atoms with Gasteiger partial charge >= 0.3 is 11.9 Å². The third-order valence-corrected chi connectivity index (χ3v) is 15.5. The molecule has 15 atom stereocenters. The van der Waals surface area contributed by atoms with Crippen LogP contribution in [0, 0.1) is 46.3 Å². The lowest BCUT2D eigenvalue weighted by Crippen LogP contribution is -2.82. The number of amides is 2. The van der Waals surface area contributed by atoms with E-state index in [-0.39, 0.29) is 72.3 Å². The highest BCUT2D eigenvalue weighted by Gasteiger charge is 2.92. The third kappa shape index (κ3) is 4.59. The fourth-order valence-corrected chi connectivity index (χ4v) is 13.4. The predicted octanol–water partition coefficient (Wildman–Crippen LogP) is 2.98. The van der Waals surface area contributed by atoms with Crippen LogP contribution in [0.1, 0.15) is 76.6 Å². The third-order valence-electron chi connectivity index (χ3n) is 15.5. The van der Waals surface area contributed by atoms with Crippen molar-refractivity contribution < 1.29 is 53.1 Å². The number of likely N-dealkylation sites (tertiary alicyclic amines) is 1. The topological polar surface area (TPSA) is 161 Å². The molecule has 5 saturated carbocycles. The van der Waals surface area contributed by atoms with Crippen molar-refractivity contribution >= 4 is 29.4 Å². The van der Waals surface area contributed by atoms with E-state index < -0.39 is 70.1 Å². The van der Waals surface area contributed by atoms with Gasteiger partial charge in [-0.25, -0.2) is 9.69 Å². The number of anilines is 1. The Morgan fingerprint density at radius 1 is 1.06 bits per heavy atom. The van der Waals surface area contributed by atoms with Gasteiger partial charge in [-0.2, -0.15) is 0 Å². The zero-order chi connectivity index (χ0) is 38.7. The number of fused-ring (bicyclic) bond motifs is 2. The van der Waals surface area contributed by atoms with Crippen LogP contribution in [-0.4, -0.2) is 122 Å². The van der Waals surface area contributed by atoms with E-state index in [2.05, 4.69) is 4.90 Å². The fourth-order valence-electron chi connectivity index (χ4n) is 13.4. The number of imide groups is 1. The maximum Gasteiger partial charge on any atom is 0.340 e. The Bertz CT molecular complexity index is 1720. The molecule has 2 aliphatic heterocycles. The SMILES string of the molecule is CC[C@H](C)C(=O)O[C@H]1[C@@H]2C[C@@H]3[C@H]1[C@](O)(C[C@@H]2OC)[C@@]1(O)[C@@H](OC)[C@@H]2[C@@]4(COC(=O)c5ccccc5N5C(=O)C[C@H](C)C5=O)CC[C@@H](OC)[C@@]32[C@@H]1N(CC)C4. The molecule has 1 aromatic rings. The molecule has 13 heteroatoms. The molecule has 2 amide bonds. The summed E-state index contributed by atoms with van der Waals surface area (Å²) in [7, 11) is 4.89. The van der Waals surface area contributed by atoms with E-state index in [1.807, 2.05) is 20.8 Å². The zero-order valence-electron chi connectivity index (χ0n) is 32.5. The number of ether oxygens (including phenoxy) is 5. The highest BCUT2D eigenvalue weighted by Crippen LogP contribution is 2.80. The van der Waals surface area contributed by atoms with E-state index in [9.17, 15) is 29.4 Å². The summed E-state index contributed by atoms with van der Waals surface area (Å²) in [6, 6.07) is 5.96. The summed E-state index contributed by atoms with van der Waals surface area (Å²) in [6.45, 7) is 8.52. The van der Waals surface area contributed by atoms with Gasteiger partial charge in [0.2, 0.25) is 11.8 Å². The minimum absolute atomic E-state index is 0.0210. The van der Waals surface area contributed by atoms with Gasteiger partial charge in [-0.15, -0.1) is 0 Å². The number of carbonyl (C=O) groups is 4. The monoisotopic (exact) mass is 752 g/mol. The minimum atomic E-state index is -1.83. The number of para-hydroxylation sites is 1. The van der Waals surface area contributed by atoms with Crippen LogP contribution in [0.3, 0.4) is 0 Å². The molecule has 1 spiro atoms. The van der Waals surface area contributed by atoms with Crippen molar-refractivity contribution in [3.8, 4) is 0 Å². The number of hydrogen-bond donors (Lipinski definition) is 2. The second-order valence-corrected chi connectivity index (χ2v) is 17.5. The number of methoxy groups -OCH3 is 3. The smallest absolute Gasteiger partial charge is 0.340 e. The second kappa shape index (κ2) is 13.1. The Labute approximate surface area is 316 Å². The predicted molar refractivity (Wildman–Crippen MR) is 193 cm³/mol. The van der Waals surface area contributed by atoms with Gasteiger partial charge in [-0.05, 0) is 50.3 Å². The lowest BCUT2D eigenvalue weighted by Gasteiger charge is -2.70. The fraction of sp³-hybridized carbons (Fsp3) is 0.756. The van der Waals surface area contributed by atoms with Gasteiger partial charge < -0.3 is 33.9 Å². The molecule has 7 fully saturated rings. The van der Waals surface area contributed by atoms with Crippen molar-refractivity contribution in [2.24, 2.45) is 46.3 Å². The molecule has 5 aliphatic carbocycles. The molecule has 1 aromatic carbocycles. The molecule has 13 nitrogen and oxygen atoms in total. The van der Waals surface area contributed by atoms with Crippen molar-refractivity contribution in [1.29, 1.82) is 0 Å². The first-order valence-electron chi connectivity index (χ1n) is 19.9. The maximum atomic E-state index is 14.2. The lowest BCUT2D eigenvalue weighted by molar-refractivity contribution is -0.319. The van der Waals surface area contributed by atoms with Crippen molar-refractivity contribution in [2.75, 3.05) is 45.9 Å². The quantitative estimate of drug-likeness (QED) is 0.252. The highest BCUT2D eigenvalue weighted by atomic mass is 16.6. The first-order chi connectivity index (χ1) is 25.7. The van der Waals surface area contributed by atoms with Crippen LogP contribution in [0.2, 0.25) is 0 Å². The average molecular weight is 753 g/mol. The van der Waals surface area contributed by atoms with E-state index in [1.54, 1.807) is 52.5 Å². The van der Waals surface area contributed by atoms with Gasteiger partial charge in [0.1, 0.15) is 17.3 Å². The summed E-state index contributed by atoms with van der Waals surface area (Å²) in [4.78, 5) is 57.0. The molecule has 0 unspecified atom stereocenters. The average Bonchev–Trinajstić information content (AvgIpc) is 3.68. The van der Waals surface area contributed by atoms with Crippen LogP contribution in [-0.2, 0) is 38.1 Å². The van der Waals surface area contributed by atoms with Crippen LogP contribution < -0.4 is 4.90 Å². The normalized spacial score (nSPS) is 45.1. The number of benzene rings is 1. The number of hydrogen-bond acceptors (Lipinski definition) is 12. The highest BCUT2D eigenvalue weighted by molar-refractivity contribution is 6.22. The van der Waals surface area contributed by atoms with Gasteiger partial charge in [-0.1, -0.05) is 39.8 Å². The van der Waals surface area contributed by atoms with Crippen molar-refractivity contribution in [1.82, 2.24) is 4.90 Å². The van der Waals surface area contributed by atoms with Crippen LogP contribution in [0.25, 0.3) is 0 Å². The summed E-state index contributed by atoms with van der Waals surface area (Å²) in [5.74, 6) is -3.98.